The SMILES string of the molecule is C=C1/C(=C\C=C2/CCCC3(C)C2CCC3C(C)/C=C/C(C)C(C)(C)O)CC(O)CC1O. The van der Waals surface area contributed by atoms with Crippen molar-refractivity contribution in [1.82, 2.24) is 0 Å². The second-order valence-electron chi connectivity index (χ2n) is 11.4. The Morgan fingerprint density at radius 2 is 1.84 bits per heavy atom. The summed E-state index contributed by atoms with van der Waals surface area (Å²) in [4.78, 5) is 0. The fraction of sp³-hybridized carbons (Fsp3) is 0.714. The van der Waals surface area contributed by atoms with Crippen LogP contribution in [0, 0.1) is 29.1 Å². The van der Waals surface area contributed by atoms with Crippen LogP contribution in [-0.2, 0) is 0 Å². The number of rotatable bonds is 5. The number of hydrogen-bond acceptors (Lipinski definition) is 3. The van der Waals surface area contributed by atoms with Crippen molar-refractivity contribution in [3.8, 4) is 0 Å². The minimum atomic E-state index is -0.684. The first-order chi connectivity index (χ1) is 14.4. The summed E-state index contributed by atoms with van der Waals surface area (Å²) < 4.78 is 0. The Labute approximate surface area is 189 Å². The van der Waals surface area contributed by atoms with Crippen LogP contribution in [0.15, 0.2) is 47.6 Å². The van der Waals surface area contributed by atoms with Crippen LogP contribution in [0.3, 0.4) is 0 Å². The van der Waals surface area contributed by atoms with E-state index in [0.29, 0.717) is 36.0 Å². The average molecular weight is 429 g/mol. The fourth-order valence-corrected chi connectivity index (χ4v) is 6.32. The van der Waals surface area contributed by atoms with E-state index in [1.54, 1.807) is 0 Å². The minimum absolute atomic E-state index is 0.141. The van der Waals surface area contributed by atoms with Crippen molar-refractivity contribution >= 4 is 0 Å². The van der Waals surface area contributed by atoms with Crippen LogP contribution in [0.25, 0.3) is 0 Å². The van der Waals surface area contributed by atoms with E-state index < -0.39 is 17.8 Å². The summed E-state index contributed by atoms with van der Waals surface area (Å²) in [5.41, 5.74) is 2.93. The van der Waals surface area contributed by atoms with Gasteiger partial charge in [-0.1, -0.05) is 57.2 Å². The molecule has 7 unspecified atom stereocenters. The molecule has 3 heteroatoms. The second-order valence-corrected chi connectivity index (χ2v) is 11.4. The molecule has 3 nitrogen and oxygen atoms in total. The average Bonchev–Trinajstić information content (AvgIpc) is 3.04. The Morgan fingerprint density at radius 3 is 2.52 bits per heavy atom. The van der Waals surface area contributed by atoms with Crippen molar-refractivity contribution in [1.29, 1.82) is 0 Å². The first-order valence-electron chi connectivity index (χ1n) is 12.3. The minimum Gasteiger partial charge on any atom is -0.393 e. The molecule has 0 amide bonds. The Hall–Kier alpha value is -1.16. The molecule has 0 bridgehead atoms. The zero-order valence-corrected chi connectivity index (χ0v) is 20.3. The second kappa shape index (κ2) is 9.37. The van der Waals surface area contributed by atoms with Crippen LogP contribution in [0.4, 0.5) is 0 Å². The molecule has 7 atom stereocenters. The highest BCUT2D eigenvalue weighted by Crippen LogP contribution is 2.59. The Balaban J connectivity index is 1.76. The van der Waals surface area contributed by atoms with E-state index in [4.69, 9.17) is 0 Å². The van der Waals surface area contributed by atoms with Crippen LogP contribution in [0.5, 0.6) is 0 Å². The molecule has 174 valence electrons. The molecule has 0 heterocycles. The van der Waals surface area contributed by atoms with E-state index in [1.165, 1.54) is 31.3 Å². The largest absolute Gasteiger partial charge is 0.393 e. The summed E-state index contributed by atoms with van der Waals surface area (Å²) in [6, 6.07) is 0. The van der Waals surface area contributed by atoms with Crippen molar-refractivity contribution in [3.05, 3.63) is 47.6 Å². The van der Waals surface area contributed by atoms with E-state index in [0.717, 1.165) is 17.6 Å². The number of hydrogen-bond donors (Lipinski definition) is 3. The molecule has 3 saturated carbocycles. The van der Waals surface area contributed by atoms with Gasteiger partial charge in [-0.15, -0.1) is 0 Å². The predicted molar refractivity (Wildman–Crippen MR) is 128 cm³/mol. The number of fused-ring (bicyclic) bond motifs is 1. The molecule has 3 aliphatic rings. The maximum Gasteiger partial charge on any atom is 0.0811 e. The van der Waals surface area contributed by atoms with Crippen LogP contribution in [0.2, 0.25) is 0 Å². The number of allylic oxidation sites excluding steroid dienone is 4. The highest BCUT2D eigenvalue weighted by atomic mass is 16.3. The molecular formula is C28H44O3. The highest BCUT2D eigenvalue weighted by molar-refractivity contribution is 5.38. The zero-order chi connectivity index (χ0) is 23.0. The third-order valence-electron chi connectivity index (χ3n) is 8.75. The van der Waals surface area contributed by atoms with E-state index in [1.807, 2.05) is 13.8 Å². The van der Waals surface area contributed by atoms with Gasteiger partial charge in [-0.05, 0) is 86.7 Å². The van der Waals surface area contributed by atoms with E-state index in [2.05, 4.69) is 51.7 Å². The Morgan fingerprint density at radius 1 is 1.13 bits per heavy atom. The first kappa shape index (κ1) is 24.5. The van der Waals surface area contributed by atoms with Crippen molar-refractivity contribution in [2.75, 3.05) is 0 Å². The van der Waals surface area contributed by atoms with Gasteiger partial charge in [0.25, 0.3) is 0 Å². The molecule has 0 aromatic rings. The van der Waals surface area contributed by atoms with Gasteiger partial charge >= 0.3 is 0 Å². The number of aliphatic hydroxyl groups is 3. The molecule has 3 aliphatic carbocycles. The molecule has 0 spiro atoms. The van der Waals surface area contributed by atoms with Crippen LogP contribution >= 0.6 is 0 Å². The maximum atomic E-state index is 10.3. The molecule has 0 aromatic carbocycles. The molecule has 0 aromatic heterocycles. The quantitative estimate of drug-likeness (QED) is 0.490. The molecule has 0 radical (unpaired) electrons. The van der Waals surface area contributed by atoms with Crippen molar-refractivity contribution in [2.45, 2.75) is 97.4 Å². The predicted octanol–water partition coefficient (Wildman–Crippen LogP) is 5.73. The lowest BCUT2D eigenvalue weighted by molar-refractivity contribution is 0.0436. The summed E-state index contributed by atoms with van der Waals surface area (Å²) >= 11 is 0. The van der Waals surface area contributed by atoms with E-state index in [-0.39, 0.29) is 5.92 Å². The summed E-state index contributed by atoms with van der Waals surface area (Å²) in [7, 11) is 0. The summed E-state index contributed by atoms with van der Waals surface area (Å²) in [5.74, 6) is 1.91. The third-order valence-corrected chi connectivity index (χ3v) is 8.75. The van der Waals surface area contributed by atoms with Gasteiger partial charge in [0, 0.05) is 12.3 Å². The van der Waals surface area contributed by atoms with Gasteiger partial charge in [0.1, 0.15) is 0 Å². The lowest BCUT2D eigenvalue weighted by Crippen LogP contribution is -2.35. The summed E-state index contributed by atoms with van der Waals surface area (Å²) in [6.07, 6.45) is 15.0. The lowest BCUT2D eigenvalue weighted by atomic mass is 9.61. The highest BCUT2D eigenvalue weighted by Gasteiger charge is 2.50. The molecule has 31 heavy (non-hydrogen) atoms. The fourth-order valence-electron chi connectivity index (χ4n) is 6.32. The standard InChI is InChI=1S/C28H44O3/c1-18(9-10-19(2)27(4,5)31)24-13-14-25-21(8-7-15-28(24,25)6)11-12-22-16-23(29)17-26(30)20(22)3/h9-12,18-19,23-26,29-31H,3,7-8,13-17H2,1-2,4-6H3/b10-9+,21-11+,22-12-. The zero-order valence-electron chi connectivity index (χ0n) is 20.3. The first-order valence-corrected chi connectivity index (χ1v) is 12.3. The van der Waals surface area contributed by atoms with Gasteiger partial charge in [0.2, 0.25) is 0 Å². The smallest absolute Gasteiger partial charge is 0.0811 e. The Kier molecular flexibility index (Phi) is 7.40. The molecule has 3 N–H and O–H groups in total. The Bertz CT molecular complexity index is 753. The van der Waals surface area contributed by atoms with Crippen molar-refractivity contribution < 1.29 is 15.3 Å². The molecule has 0 aliphatic heterocycles. The summed E-state index contributed by atoms with van der Waals surface area (Å²) in [5, 5.41) is 30.4. The normalized spacial score (nSPS) is 39.3. The molecular weight excluding hydrogens is 384 g/mol. The van der Waals surface area contributed by atoms with Crippen molar-refractivity contribution in [3.63, 3.8) is 0 Å². The van der Waals surface area contributed by atoms with Gasteiger partial charge in [-0.2, -0.15) is 0 Å². The monoisotopic (exact) mass is 428 g/mol. The van der Waals surface area contributed by atoms with E-state index >= 15 is 0 Å². The lowest BCUT2D eigenvalue weighted by Gasteiger charge is -2.44. The van der Waals surface area contributed by atoms with Crippen LogP contribution in [-0.4, -0.2) is 33.1 Å². The van der Waals surface area contributed by atoms with Crippen molar-refractivity contribution in [2.24, 2.45) is 29.1 Å². The van der Waals surface area contributed by atoms with Gasteiger partial charge in [0.05, 0.1) is 17.8 Å². The molecule has 3 fully saturated rings. The van der Waals surface area contributed by atoms with E-state index in [9.17, 15) is 15.3 Å². The molecule has 0 saturated heterocycles. The summed E-state index contributed by atoms with van der Waals surface area (Å²) in [6.45, 7) is 14.7. The van der Waals surface area contributed by atoms with Gasteiger partial charge in [-0.25, -0.2) is 0 Å². The maximum absolute atomic E-state index is 10.3. The third kappa shape index (κ3) is 5.26. The number of aliphatic hydroxyl groups excluding tert-OH is 2. The van der Waals surface area contributed by atoms with Crippen LogP contribution < -0.4 is 0 Å². The van der Waals surface area contributed by atoms with Gasteiger partial charge in [-0.3, -0.25) is 0 Å². The van der Waals surface area contributed by atoms with Gasteiger partial charge < -0.3 is 15.3 Å². The van der Waals surface area contributed by atoms with Crippen LogP contribution in [0.1, 0.15) is 79.6 Å². The molecule has 3 rings (SSSR count). The van der Waals surface area contributed by atoms with Gasteiger partial charge in [0.15, 0.2) is 0 Å². The topological polar surface area (TPSA) is 60.7 Å².